The lowest BCUT2D eigenvalue weighted by Crippen LogP contribution is -2.06. The van der Waals surface area contributed by atoms with Gasteiger partial charge in [-0.15, -0.1) is 0 Å². The van der Waals surface area contributed by atoms with Crippen LogP contribution in [0.4, 0.5) is 0 Å². The Morgan fingerprint density at radius 1 is 0.381 bits per heavy atom. The third kappa shape index (κ3) is 19.9. The molecule has 0 aromatic carbocycles. The van der Waals surface area contributed by atoms with Crippen molar-refractivity contribution in [3.8, 4) is 0 Å². The maximum atomic E-state index is 5.60. The predicted octanol–water partition coefficient (Wildman–Crippen LogP) is 6.13. The molecule has 0 bridgehead atoms. The van der Waals surface area contributed by atoms with Crippen molar-refractivity contribution in [1.82, 2.24) is 0 Å². The van der Waals surface area contributed by atoms with Gasteiger partial charge in [0, 0.05) is 13.2 Å². The number of hydrogen-bond donors (Lipinski definition) is 0. The number of rotatable bonds is 18. The molecule has 0 spiro atoms. The van der Waals surface area contributed by atoms with Gasteiger partial charge in [-0.05, 0) is 12.8 Å². The van der Waals surface area contributed by atoms with Crippen molar-refractivity contribution in [3.63, 3.8) is 0 Å². The van der Waals surface area contributed by atoms with E-state index in [0.717, 1.165) is 26.4 Å². The van der Waals surface area contributed by atoms with Crippen molar-refractivity contribution in [2.75, 3.05) is 26.4 Å². The van der Waals surface area contributed by atoms with Gasteiger partial charge in [0.05, 0.1) is 13.2 Å². The van der Waals surface area contributed by atoms with E-state index in [9.17, 15) is 0 Å². The molecule has 0 heterocycles. The molecule has 2 nitrogen and oxygen atoms in total. The quantitative estimate of drug-likeness (QED) is 0.283. The van der Waals surface area contributed by atoms with Gasteiger partial charge < -0.3 is 9.47 Å². The molecule has 0 rings (SSSR count). The third-order valence-corrected chi connectivity index (χ3v) is 3.91. The van der Waals surface area contributed by atoms with Crippen molar-refractivity contribution in [2.45, 2.75) is 97.3 Å². The molecule has 0 aromatic heterocycles. The van der Waals surface area contributed by atoms with Gasteiger partial charge in [0.15, 0.2) is 0 Å². The Kier molecular flexibility index (Phi) is 19.8. The van der Waals surface area contributed by atoms with E-state index in [1.54, 1.807) is 0 Å². The van der Waals surface area contributed by atoms with Gasteiger partial charge in [0.1, 0.15) is 0 Å². The van der Waals surface area contributed by atoms with Crippen LogP contribution in [-0.2, 0) is 9.47 Å². The molecule has 0 aliphatic carbocycles. The molecule has 128 valence electrons. The van der Waals surface area contributed by atoms with Gasteiger partial charge in [-0.25, -0.2) is 0 Å². The summed E-state index contributed by atoms with van der Waals surface area (Å²) in [4.78, 5) is 0. The number of hydrogen-bond acceptors (Lipinski definition) is 2. The molecule has 2 heteroatoms. The third-order valence-electron chi connectivity index (χ3n) is 3.91. The average molecular weight is 301 g/mol. The van der Waals surface area contributed by atoms with Crippen LogP contribution in [0.2, 0.25) is 0 Å². The fraction of sp³-hybridized carbons (Fsp3) is 1.00. The molecule has 0 aliphatic rings. The van der Waals surface area contributed by atoms with Gasteiger partial charge in [0.2, 0.25) is 0 Å². The lowest BCUT2D eigenvalue weighted by Gasteiger charge is -2.06. The molecule has 0 aromatic rings. The van der Waals surface area contributed by atoms with Gasteiger partial charge in [-0.3, -0.25) is 0 Å². The smallest absolute Gasteiger partial charge is 0.0700 e. The first-order valence-corrected chi connectivity index (χ1v) is 9.57. The molecule has 0 saturated carbocycles. The van der Waals surface area contributed by atoms with E-state index in [1.165, 1.54) is 83.5 Å². The monoisotopic (exact) mass is 300 g/mol. The van der Waals surface area contributed by atoms with Crippen LogP contribution in [0.15, 0.2) is 0 Å². The van der Waals surface area contributed by atoms with Crippen LogP contribution in [0.1, 0.15) is 97.3 Å². The summed E-state index contributed by atoms with van der Waals surface area (Å²) in [5.41, 5.74) is 0. The predicted molar refractivity (Wildman–Crippen MR) is 93.0 cm³/mol. The van der Waals surface area contributed by atoms with E-state index in [-0.39, 0.29) is 0 Å². The summed E-state index contributed by atoms with van der Waals surface area (Å²) < 4.78 is 11.2. The summed E-state index contributed by atoms with van der Waals surface area (Å²) in [7, 11) is 0. The van der Waals surface area contributed by atoms with E-state index in [4.69, 9.17) is 9.47 Å². The normalized spacial score (nSPS) is 11.1. The van der Waals surface area contributed by atoms with Crippen LogP contribution in [-0.4, -0.2) is 26.4 Å². The molecule has 0 atom stereocenters. The van der Waals surface area contributed by atoms with Gasteiger partial charge >= 0.3 is 0 Å². The summed E-state index contributed by atoms with van der Waals surface area (Å²) in [6.45, 7) is 7.89. The highest BCUT2D eigenvalue weighted by Gasteiger charge is 1.94. The van der Waals surface area contributed by atoms with Crippen LogP contribution in [0.25, 0.3) is 0 Å². The molecular formula is C19H40O2. The van der Waals surface area contributed by atoms with Crippen LogP contribution in [0, 0.1) is 0 Å². The van der Waals surface area contributed by atoms with Crippen molar-refractivity contribution in [2.24, 2.45) is 0 Å². The molecular weight excluding hydrogens is 260 g/mol. The molecule has 0 amide bonds. The maximum absolute atomic E-state index is 5.60. The highest BCUT2D eigenvalue weighted by molar-refractivity contribution is 4.45. The Hall–Kier alpha value is -0.0800. The number of ether oxygens (including phenoxy) is 2. The summed E-state index contributed by atoms with van der Waals surface area (Å²) in [5, 5.41) is 0. The lowest BCUT2D eigenvalue weighted by atomic mass is 10.1. The standard InChI is InChI=1S/C19H40O2/c1-3-5-7-9-11-13-15-17-21-19-18-20-16-14-12-10-8-6-4-2/h3-19H2,1-2H3. The molecule has 0 aliphatic heterocycles. The lowest BCUT2D eigenvalue weighted by molar-refractivity contribution is 0.0448. The van der Waals surface area contributed by atoms with Crippen LogP contribution in [0.3, 0.4) is 0 Å². The van der Waals surface area contributed by atoms with Gasteiger partial charge in [-0.1, -0.05) is 84.5 Å². The Bertz CT molecular complexity index is 153. The fourth-order valence-electron chi connectivity index (χ4n) is 2.47. The summed E-state index contributed by atoms with van der Waals surface area (Å²) in [6.07, 6.45) is 17.4. The number of unbranched alkanes of at least 4 members (excludes halogenated alkanes) is 11. The Labute approximate surface area is 134 Å². The molecule has 0 fully saturated rings. The summed E-state index contributed by atoms with van der Waals surface area (Å²) in [6, 6.07) is 0. The van der Waals surface area contributed by atoms with E-state index in [2.05, 4.69) is 13.8 Å². The molecule has 0 saturated heterocycles. The average Bonchev–Trinajstić information content (AvgIpc) is 2.50. The first-order valence-electron chi connectivity index (χ1n) is 9.57. The summed E-state index contributed by atoms with van der Waals surface area (Å²) >= 11 is 0. The molecule has 0 radical (unpaired) electrons. The first kappa shape index (κ1) is 20.9. The topological polar surface area (TPSA) is 18.5 Å². The highest BCUT2D eigenvalue weighted by atomic mass is 16.5. The zero-order valence-corrected chi connectivity index (χ0v) is 14.8. The zero-order chi connectivity index (χ0) is 15.4. The Morgan fingerprint density at radius 3 is 1.10 bits per heavy atom. The van der Waals surface area contributed by atoms with Crippen LogP contribution in [0.5, 0.6) is 0 Å². The second kappa shape index (κ2) is 19.9. The van der Waals surface area contributed by atoms with Gasteiger partial charge in [-0.2, -0.15) is 0 Å². The minimum Gasteiger partial charge on any atom is -0.379 e. The Balaban J connectivity index is 2.90. The second-order valence-corrected chi connectivity index (χ2v) is 6.11. The zero-order valence-electron chi connectivity index (χ0n) is 14.8. The minimum atomic E-state index is 0.769. The van der Waals surface area contributed by atoms with Crippen molar-refractivity contribution in [3.05, 3.63) is 0 Å². The van der Waals surface area contributed by atoms with Crippen molar-refractivity contribution < 1.29 is 9.47 Å². The summed E-state index contributed by atoms with van der Waals surface area (Å²) in [5.74, 6) is 0. The van der Waals surface area contributed by atoms with Crippen LogP contribution >= 0.6 is 0 Å². The van der Waals surface area contributed by atoms with Crippen molar-refractivity contribution >= 4 is 0 Å². The van der Waals surface area contributed by atoms with E-state index in [1.807, 2.05) is 0 Å². The van der Waals surface area contributed by atoms with Gasteiger partial charge in [0.25, 0.3) is 0 Å². The second-order valence-electron chi connectivity index (χ2n) is 6.11. The first-order chi connectivity index (χ1) is 10.4. The maximum Gasteiger partial charge on any atom is 0.0700 e. The SMILES string of the molecule is CCCCCCCCCOCCOCCCCCCCC. The highest BCUT2D eigenvalue weighted by Crippen LogP contribution is 2.07. The van der Waals surface area contributed by atoms with Crippen molar-refractivity contribution in [1.29, 1.82) is 0 Å². The fourth-order valence-corrected chi connectivity index (χ4v) is 2.47. The molecule has 0 unspecified atom stereocenters. The van der Waals surface area contributed by atoms with E-state index >= 15 is 0 Å². The van der Waals surface area contributed by atoms with E-state index < -0.39 is 0 Å². The molecule has 21 heavy (non-hydrogen) atoms. The molecule has 0 N–H and O–H groups in total. The van der Waals surface area contributed by atoms with E-state index in [0.29, 0.717) is 0 Å². The minimum absolute atomic E-state index is 0.769. The largest absolute Gasteiger partial charge is 0.379 e. The Morgan fingerprint density at radius 2 is 0.714 bits per heavy atom. The van der Waals surface area contributed by atoms with Crippen LogP contribution < -0.4 is 0 Å².